The third-order valence-electron chi connectivity index (χ3n) is 5.12. The van der Waals surface area contributed by atoms with Gasteiger partial charge in [0.25, 0.3) is 0 Å². The Hall–Kier alpha value is -3.42. The molecule has 0 aliphatic carbocycles. The lowest BCUT2D eigenvalue weighted by Crippen LogP contribution is -2.55. The Morgan fingerprint density at radius 1 is 1.15 bits per heavy atom. The number of carbonyl (C=O) groups is 2. The standard InChI is InChI=1S/C19H18N6O2/c26-18-10-20-19(27)15-8-13(11-24(15)18)22-17-9-14(12-4-2-1-3-5-12)23-16-6-7-21-25(16)17/h1-7,9,13,15,22H,8,10-11H2,(H,20,27)/t13-,15+/m1/s1. The van der Waals surface area contributed by atoms with Crippen LogP contribution in [0.3, 0.4) is 0 Å². The van der Waals surface area contributed by atoms with E-state index < -0.39 is 6.04 Å². The number of aromatic nitrogens is 3. The van der Waals surface area contributed by atoms with Crippen LogP contribution in [0.1, 0.15) is 6.42 Å². The number of carbonyl (C=O) groups excluding carboxylic acids is 2. The molecule has 2 N–H and O–H groups in total. The topological polar surface area (TPSA) is 91.6 Å². The molecule has 0 radical (unpaired) electrons. The van der Waals surface area contributed by atoms with E-state index in [2.05, 4.69) is 20.7 Å². The van der Waals surface area contributed by atoms with E-state index in [0.29, 0.717) is 13.0 Å². The normalized spacial score (nSPS) is 22.0. The molecular weight excluding hydrogens is 344 g/mol. The average Bonchev–Trinajstić information content (AvgIpc) is 3.33. The Morgan fingerprint density at radius 2 is 2.00 bits per heavy atom. The molecule has 5 rings (SSSR count). The summed E-state index contributed by atoms with van der Waals surface area (Å²) in [4.78, 5) is 30.5. The van der Waals surface area contributed by atoms with Crippen molar-refractivity contribution in [3.63, 3.8) is 0 Å². The van der Waals surface area contributed by atoms with Crippen molar-refractivity contribution in [3.8, 4) is 11.3 Å². The van der Waals surface area contributed by atoms with Crippen molar-refractivity contribution < 1.29 is 9.59 Å². The fourth-order valence-electron chi connectivity index (χ4n) is 3.83. The van der Waals surface area contributed by atoms with Gasteiger partial charge in [0.15, 0.2) is 5.65 Å². The number of hydrogen-bond donors (Lipinski definition) is 2. The molecule has 0 unspecified atom stereocenters. The number of amides is 2. The Labute approximate surface area is 155 Å². The number of hydrogen-bond acceptors (Lipinski definition) is 5. The fraction of sp³-hybridized carbons (Fsp3) is 0.263. The Morgan fingerprint density at radius 3 is 2.81 bits per heavy atom. The Bertz CT molecular complexity index is 1010. The van der Waals surface area contributed by atoms with Gasteiger partial charge in [-0.05, 0) is 6.42 Å². The first kappa shape index (κ1) is 15.8. The summed E-state index contributed by atoms with van der Waals surface area (Å²) in [5.74, 6) is 0.678. The second-order valence-corrected chi connectivity index (χ2v) is 6.85. The lowest BCUT2D eigenvalue weighted by molar-refractivity contribution is -0.143. The number of nitrogens with zero attached hydrogens (tertiary/aromatic N) is 4. The maximum atomic E-state index is 12.1. The molecule has 0 saturated carbocycles. The van der Waals surface area contributed by atoms with Gasteiger partial charge in [-0.25, -0.2) is 4.98 Å². The maximum absolute atomic E-state index is 12.1. The van der Waals surface area contributed by atoms with Gasteiger partial charge < -0.3 is 15.5 Å². The molecule has 136 valence electrons. The third kappa shape index (κ3) is 2.69. The first-order valence-corrected chi connectivity index (χ1v) is 8.93. The van der Waals surface area contributed by atoms with E-state index in [1.807, 2.05) is 42.5 Å². The van der Waals surface area contributed by atoms with Gasteiger partial charge in [0, 0.05) is 30.3 Å². The minimum Gasteiger partial charge on any atom is -0.365 e. The van der Waals surface area contributed by atoms with Crippen molar-refractivity contribution in [2.75, 3.05) is 18.4 Å². The highest BCUT2D eigenvalue weighted by Gasteiger charge is 2.42. The van der Waals surface area contributed by atoms with Crippen molar-refractivity contribution in [1.82, 2.24) is 24.8 Å². The van der Waals surface area contributed by atoms with E-state index in [0.717, 1.165) is 22.7 Å². The van der Waals surface area contributed by atoms with Gasteiger partial charge in [0.05, 0.1) is 18.4 Å². The van der Waals surface area contributed by atoms with Crippen LogP contribution < -0.4 is 10.6 Å². The number of piperazine rings is 1. The molecule has 2 fully saturated rings. The van der Waals surface area contributed by atoms with E-state index in [-0.39, 0.29) is 24.4 Å². The minimum atomic E-state index is -0.396. The predicted octanol–water partition coefficient (Wildman–Crippen LogP) is 0.907. The van der Waals surface area contributed by atoms with Crippen LogP contribution in [0, 0.1) is 0 Å². The second-order valence-electron chi connectivity index (χ2n) is 6.85. The summed E-state index contributed by atoms with van der Waals surface area (Å²) in [6.45, 7) is 0.585. The van der Waals surface area contributed by atoms with Crippen LogP contribution in [0.15, 0.2) is 48.7 Å². The van der Waals surface area contributed by atoms with Gasteiger partial charge in [-0.3, -0.25) is 9.59 Å². The Balaban J connectivity index is 1.48. The van der Waals surface area contributed by atoms with E-state index in [9.17, 15) is 9.59 Å². The minimum absolute atomic E-state index is 0.0266. The molecular formula is C19H18N6O2. The second kappa shape index (κ2) is 6.08. The van der Waals surface area contributed by atoms with Gasteiger partial charge in [-0.1, -0.05) is 30.3 Å². The molecule has 0 bridgehead atoms. The number of fused-ring (bicyclic) bond motifs is 2. The highest BCUT2D eigenvalue weighted by molar-refractivity contribution is 5.95. The smallest absolute Gasteiger partial charge is 0.243 e. The van der Waals surface area contributed by atoms with Gasteiger partial charge in [-0.15, -0.1) is 0 Å². The highest BCUT2D eigenvalue weighted by atomic mass is 16.2. The van der Waals surface area contributed by atoms with Gasteiger partial charge in [-0.2, -0.15) is 9.61 Å². The summed E-state index contributed by atoms with van der Waals surface area (Å²) in [5.41, 5.74) is 2.60. The summed E-state index contributed by atoms with van der Waals surface area (Å²) in [6.07, 6.45) is 2.28. The van der Waals surface area contributed by atoms with Crippen LogP contribution in [0.4, 0.5) is 5.82 Å². The molecule has 1 aromatic carbocycles. The van der Waals surface area contributed by atoms with Gasteiger partial charge in [0.1, 0.15) is 11.9 Å². The van der Waals surface area contributed by atoms with Crippen LogP contribution in [-0.4, -0.2) is 56.5 Å². The third-order valence-corrected chi connectivity index (χ3v) is 5.12. The highest BCUT2D eigenvalue weighted by Crippen LogP contribution is 2.26. The zero-order valence-electron chi connectivity index (χ0n) is 14.5. The largest absolute Gasteiger partial charge is 0.365 e. The predicted molar refractivity (Wildman–Crippen MR) is 99.0 cm³/mol. The van der Waals surface area contributed by atoms with Gasteiger partial charge in [0.2, 0.25) is 11.8 Å². The van der Waals surface area contributed by atoms with Gasteiger partial charge >= 0.3 is 0 Å². The summed E-state index contributed by atoms with van der Waals surface area (Å²) < 4.78 is 1.74. The number of anilines is 1. The molecule has 2 saturated heterocycles. The lowest BCUT2D eigenvalue weighted by Gasteiger charge is -2.28. The van der Waals surface area contributed by atoms with Crippen LogP contribution >= 0.6 is 0 Å². The van der Waals surface area contributed by atoms with E-state index in [1.165, 1.54) is 0 Å². The van der Waals surface area contributed by atoms with E-state index in [1.54, 1.807) is 15.6 Å². The molecule has 2 aliphatic rings. The molecule has 8 nitrogen and oxygen atoms in total. The van der Waals surface area contributed by atoms with Crippen LogP contribution in [0.5, 0.6) is 0 Å². The lowest BCUT2D eigenvalue weighted by atomic mass is 10.1. The van der Waals surface area contributed by atoms with Crippen molar-refractivity contribution in [1.29, 1.82) is 0 Å². The molecule has 4 heterocycles. The number of rotatable bonds is 3. The molecule has 2 aliphatic heterocycles. The van der Waals surface area contributed by atoms with Crippen molar-refractivity contribution in [2.24, 2.45) is 0 Å². The first-order valence-electron chi connectivity index (χ1n) is 8.93. The summed E-state index contributed by atoms with van der Waals surface area (Å²) in [5, 5.41) is 10.5. The molecule has 3 aromatic rings. The van der Waals surface area contributed by atoms with E-state index in [4.69, 9.17) is 0 Å². The average molecular weight is 362 g/mol. The monoisotopic (exact) mass is 362 g/mol. The SMILES string of the molecule is O=C1NCC(=O)N2C[C@H](Nc3cc(-c4ccccc4)nc4ccnn34)C[C@@H]12. The van der Waals surface area contributed by atoms with Crippen molar-refractivity contribution in [3.05, 3.63) is 48.7 Å². The zero-order valence-corrected chi connectivity index (χ0v) is 14.5. The van der Waals surface area contributed by atoms with Crippen LogP contribution in [0.2, 0.25) is 0 Å². The first-order chi connectivity index (χ1) is 13.2. The summed E-state index contributed by atoms with van der Waals surface area (Å²) >= 11 is 0. The molecule has 2 aromatic heterocycles. The van der Waals surface area contributed by atoms with Crippen molar-refractivity contribution in [2.45, 2.75) is 18.5 Å². The van der Waals surface area contributed by atoms with E-state index >= 15 is 0 Å². The Kier molecular flexibility index (Phi) is 3.56. The molecule has 2 amide bonds. The maximum Gasteiger partial charge on any atom is 0.243 e. The quantitative estimate of drug-likeness (QED) is 0.723. The molecule has 8 heteroatoms. The fourth-order valence-corrected chi connectivity index (χ4v) is 3.83. The number of benzene rings is 1. The number of nitrogens with one attached hydrogen (secondary N) is 2. The summed E-state index contributed by atoms with van der Waals surface area (Å²) in [7, 11) is 0. The molecule has 2 atom stereocenters. The summed E-state index contributed by atoms with van der Waals surface area (Å²) in [6, 6.07) is 13.3. The molecule has 27 heavy (non-hydrogen) atoms. The zero-order chi connectivity index (χ0) is 18.4. The van der Waals surface area contributed by atoms with Crippen LogP contribution in [0.25, 0.3) is 16.9 Å². The van der Waals surface area contributed by atoms with Crippen molar-refractivity contribution >= 4 is 23.3 Å². The van der Waals surface area contributed by atoms with Crippen LogP contribution in [-0.2, 0) is 9.59 Å². The molecule has 0 spiro atoms.